The van der Waals surface area contributed by atoms with Crippen molar-refractivity contribution in [2.24, 2.45) is 10.8 Å². The van der Waals surface area contributed by atoms with Crippen LogP contribution in [-0.4, -0.2) is 122 Å². The fraction of sp³-hybridized carbons (Fsp3) is 0.595. The van der Waals surface area contributed by atoms with E-state index in [4.69, 9.17) is 37.5 Å². The smallest absolute Gasteiger partial charge is 0.456 e. The molecule has 3 aromatic rings. The number of carbonyl (C=O) groups is 4. The normalized spacial score (nSPS) is 19.0. The molecule has 2 aromatic heterocycles. The van der Waals surface area contributed by atoms with Crippen molar-refractivity contribution < 1.29 is 71.0 Å². The molecule has 0 aliphatic carbocycles. The highest BCUT2D eigenvalue weighted by Crippen LogP contribution is 2.46. The number of benzene rings is 1. The fourth-order valence-corrected chi connectivity index (χ4v) is 9.12. The van der Waals surface area contributed by atoms with Crippen molar-refractivity contribution in [1.29, 1.82) is 0 Å². The molecule has 0 radical (unpaired) electrons. The third-order valence-corrected chi connectivity index (χ3v) is 13.0. The van der Waals surface area contributed by atoms with Crippen molar-refractivity contribution >= 4 is 98.9 Å². The number of nitro benzene ring substituents is 1. The number of esters is 2. The maximum atomic E-state index is 13.1. The Bertz CT molecular complexity index is 2140. The molecular formula is C37H51IN7O16PS2. The number of imidazole rings is 1. The van der Waals surface area contributed by atoms with Gasteiger partial charge in [-0.1, -0.05) is 49.3 Å². The zero-order chi connectivity index (χ0) is 47.2. The number of nitrogens with zero attached hydrogens (tertiary/aromatic N) is 5. The number of amides is 1. The van der Waals surface area contributed by atoms with Crippen molar-refractivity contribution in [2.75, 3.05) is 48.9 Å². The van der Waals surface area contributed by atoms with E-state index in [1.54, 1.807) is 13.8 Å². The monoisotopic (exact) mass is 1070 g/mol. The highest BCUT2D eigenvalue weighted by Gasteiger charge is 2.51. The van der Waals surface area contributed by atoms with Crippen LogP contribution in [0.5, 0.6) is 5.75 Å². The minimum atomic E-state index is -4.73. The van der Waals surface area contributed by atoms with Crippen LogP contribution in [0.4, 0.5) is 16.3 Å². The van der Waals surface area contributed by atoms with Crippen LogP contribution in [0.2, 0.25) is 0 Å². The number of hydrogen-bond donors (Lipinski definition) is 3. The highest BCUT2D eigenvalue weighted by atomic mass is 127. The SMILES string of the molecule is CC(=O)OC1C(COP(=O)(O)OCC(C)(C)COCC(C)(C)CNC(=O)CCSSC(C)COC(=O)Oc2ccc([N+](=O)[O-])cc2)OC(n2cnc3c(NI)ncnc32)C1OC(C)=O. The Morgan fingerprint density at radius 1 is 1.02 bits per heavy atom. The number of aromatic nitrogens is 4. The second-order valence-corrected chi connectivity index (χ2v) is 20.8. The number of ether oxygens (including phenoxy) is 6. The first-order chi connectivity index (χ1) is 30.1. The summed E-state index contributed by atoms with van der Waals surface area (Å²) in [5, 5.41) is 13.6. The third-order valence-electron chi connectivity index (χ3n) is 8.71. The first kappa shape index (κ1) is 52.7. The van der Waals surface area contributed by atoms with Gasteiger partial charge in [-0.05, 0) is 19.1 Å². The van der Waals surface area contributed by atoms with Crippen LogP contribution in [0.3, 0.4) is 0 Å². The van der Waals surface area contributed by atoms with E-state index in [-0.39, 0.29) is 55.4 Å². The minimum Gasteiger partial charge on any atom is -0.456 e. The van der Waals surface area contributed by atoms with E-state index in [2.05, 4.69) is 23.8 Å². The van der Waals surface area contributed by atoms with Crippen molar-refractivity contribution in [2.45, 2.75) is 84.7 Å². The maximum Gasteiger partial charge on any atom is 0.513 e. The van der Waals surface area contributed by atoms with Gasteiger partial charge in [-0.2, -0.15) is 0 Å². The molecule has 354 valence electrons. The summed E-state index contributed by atoms with van der Waals surface area (Å²) in [6, 6.07) is 5.02. The van der Waals surface area contributed by atoms with Crippen LogP contribution in [0.1, 0.15) is 61.1 Å². The number of phosphoric acid groups is 1. The molecule has 6 unspecified atom stereocenters. The van der Waals surface area contributed by atoms with Gasteiger partial charge in [-0.3, -0.25) is 38.1 Å². The van der Waals surface area contributed by atoms with Crippen molar-refractivity contribution in [1.82, 2.24) is 24.8 Å². The summed E-state index contributed by atoms with van der Waals surface area (Å²) in [6.45, 7) is 11.4. The first-order valence-corrected chi connectivity index (χ1v) is 24.4. The molecule has 64 heavy (non-hydrogen) atoms. The number of hydrogen-bond acceptors (Lipinski definition) is 21. The lowest BCUT2D eigenvalue weighted by Gasteiger charge is -2.29. The quantitative estimate of drug-likeness (QED) is 0.00843. The van der Waals surface area contributed by atoms with Crippen LogP contribution in [0.15, 0.2) is 36.9 Å². The number of rotatable bonds is 25. The van der Waals surface area contributed by atoms with E-state index in [9.17, 15) is 38.8 Å². The van der Waals surface area contributed by atoms with E-state index >= 15 is 0 Å². The summed E-state index contributed by atoms with van der Waals surface area (Å²) in [5.74, 6) is -0.559. The second kappa shape index (κ2) is 24.0. The lowest BCUT2D eigenvalue weighted by Crippen LogP contribution is -2.40. The Hall–Kier alpha value is -3.89. The maximum absolute atomic E-state index is 13.1. The molecule has 27 heteroatoms. The number of non-ortho nitro benzene ring substituents is 1. The number of halogens is 1. The zero-order valence-electron chi connectivity index (χ0n) is 36.0. The molecular weight excluding hydrogens is 1020 g/mol. The van der Waals surface area contributed by atoms with Gasteiger partial charge >= 0.3 is 25.9 Å². The summed E-state index contributed by atoms with van der Waals surface area (Å²) in [5.41, 5.74) is -0.684. The molecule has 1 amide bonds. The molecule has 3 heterocycles. The van der Waals surface area contributed by atoms with Crippen LogP contribution in [0, 0.1) is 20.9 Å². The average Bonchev–Trinajstić information content (AvgIpc) is 3.80. The number of carbonyl (C=O) groups excluding carboxylic acids is 4. The Morgan fingerprint density at radius 2 is 1.69 bits per heavy atom. The fourth-order valence-electron chi connectivity index (χ4n) is 5.68. The van der Waals surface area contributed by atoms with E-state index in [0.717, 1.165) is 6.92 Å². The van der Waals surface area contributed by atoms with Gasteiger partial charge in [-0.15, -0.1) is 0 Å². The molecule has 1 fully saturated rings. The van der Waals surface area contributed by atoms with Crippen molar-refractivity contribution in [3.63, 3.8) is 0 Å². The number of anilines is 1. The van der Waals surface area contributed by atoms with Crippen LogP contribution in [0.25, 0.3) is 11.2 Å². The van der Waals surface area contributed by atoms with E-state index < -0.39 is 72.8 Å². The Balaban J connectivity index is 1.16. The minimum absolute atomic E-state index is 0.0531. The predicted molar refractivity (Wildman–Crippen MR) is 240 cm³/mol. The second-order valence-electron chi connectivity index (χ2n) is 15.9. The molecule has 4 rings (SSSR count). The zero-order valence-corrected chi connectivity index (χ0v) is 40.6. The highest BCUT2D eigenvalue weighted by molar-refractivity contribution is 14.1. The Morgan fingerprint density at radius 3 is 2.34 bits per heavy atom. The van der Waals surface area contributed by atoms with Gasteiger partial charge in [0.2, 0.25) is 5.91 Å². The van der Waals surface area contributed by atoms with E-state index in [1.807, 2.05) is 43.6 Å². The molecule has 1 aromatic carbocycles. The standard InChI is InChI=1S/C37H51IN7O16PS2/c1-22(14-55-35(49)60-26-10-8-25(9-11-26)45(50)51)64-63-13-12-28(48)39-16-36(4,5)17-54-18-37(6,7)19-57-62(52,53)56-15-27-30(58-23(2)46)31(59-24(3)47)34(61-27)44-21-42-29-32(43-38)40-20-41-33(29)44/h8-11,20-22,27,30-31,34H,12-19H2,1-7H3,(H,39,48)(H,52,53)(H,40,41,43). The molecule has 23 nitrogen and oxygen atoms in total. The molecule has 6 atom stereocenters. The average molecular weight is 1070 g/mol. The number of nitrogens with one attached hydrogen (secondary N) is 2. The van der Waals surface area contributed by atoms with Gasteiger partial charge < -0.3 is 42.2 Å². The lowest BCUT2D eigenvalue weighted by atomic mass is 9.93. The van der Waals surface area contributed by atoms with Gasteiger partial charge in [0.15, 0.2) is 35.4 Å². The topological polar surface area (TPSA) is 290 Å². The van der Waals surface area contributed by atoms with Crippen molar-refractivity contribution in [3.8, 4) is 5.75 Å². The molecule has 0 spiro atoms. The predicted octanol–water partition coefficient (Wildman–Crippen LogP) is 5.95. The Labute approximate surface area is 390 Å². The summed E-state index contributed by atoms with van der Waals surface area (Å²) in [6.07, 6.45) is -2.83. The summed E-state index contributed by atoms with van der Waals surface area (Å²) < 4.78 is 61.3. The van der Waals surface area contributed by atoms with Crippen LogP contribution in [-0.2, 0) is 51.7 Å². The largest absolute Gasteiger partial charge is 0.513 e. The van der Waals surface area contributed by atoms with Gasteiger partial charge in [0.05, 0.1) is 60.5 Å². The lowest BCUT2D eigenvalue weighted by molar-refractivity contribution is -0.384. The van der Waals surface area contributed by atoms with Gasteiger partial charge in [-0.25, -0.2) is 24.3 Å². The Kier molecular flexibility index (Phi) is 19.8. The van der Waals surface area contributed by atoms with Crippen molar-refractivity contribution in [3.05, 3.63) is 47.0 Å². The molecule has 1 aliphatic heterocycles. The van der Waals surface area contributed by atoms with Gasteiger partial charge in [0.25, 0.3) is 5.69 Å². The number of phosphoric ester groups is 1. The number of nitro groups is 1. The number of fused-ring (bicyclic) bond motifs is 1. The van der Waals surface area contributed by atoms with Crippen LogP contribution >= 0.6 is 52.3 Å². The van der Waals surface area contributed by atoms with E-state index in [1.165, 1.54) is 70.0 Å². The first-order valence-electron chi connectivity index (χ1n) is 19.5. The summed E-state index contributed by atoms with van der Waals surface area (Å²) in [4.78, 5) is 82.4. The molecule has 1 saturated heterocycles. The summed E-state index contributed by atoms with van der Waals surface area (Å²) >= 11 is 1.89. The molecule has 0 saturated carbocycles. The molecule has 3 N–H and O–H groups in total. The molecule has 0 bridgehead atoms. The third kappa shape index (κ3) is 16.8. The van der Waals surface area contributed by atoms with Crippen LogP contribution < -0.4 is 13.6 Å². The van der Waals surface area contributed by atoms with Gasteiger partial charge in [0, 0.05) is 60.8 Å². The molecule has 1 aliphatic rings. The summed E-state index contributed by atoms with van der Waals surface area (Å²) in [7, 11) is -1.84. The van der Waals surface area contributed by atoms with E-state index in [0.29, 0.717) is 29.3 Å². The van der Waals surface area contributed by atoms with Gasteiger partial charge in [0.1, 0.15) is 24.8 Å².